The third-order valence-electron chi connectivity index (χ3n) is 6.57. The fraction of sp³-hybridized carbons (Fsp3) is 0. The van der Waals surface area contributed by atoms with E-state index in [1.807, 2.05) is 12.1 Å². The van der Waals surface area contributed by atoms with E-state index in [9.17, 15) is 20.7 Å². The minimum atomic E-state index is -0.0986. The molecule has 3 aromatic carbocycles. The molecule has 10 heteroatoms. The van der Waals surface area contributed by atoms with Crippen molar-refractivity contribution in [2.75, 3.05) is 0 Å². The maximum absolute atomic E-state index is 11.2. The number of hydrogen-bond acceptors (Lipinski definition) is 6. The second kappa shape index (κ2) is 6.27. The van der Waals surface area contributed by atoms with Crippen LogP contribution in [0.1, 0.15) is 11.1 Å². The molecule has 0 fully saturated rings. The molecule has 0 atom stereocenters. The van der Waals surface area contributed by atoms with Gasteiger partial charge in [-0.15, -0.1) is 0 Å². The molecule has 4 aromatic heterocycles. The van der Waals surface area contributed by atoms with Crippen LogP contribution in [0.4, 0.5) is 11.4 Å². The van der Waals surface area contributed by atoms with E-state index >= 15 is 0 Å². The van der Waals surface area contributed by atoms with Crippen molar-refractivity contribution in [2.24, 2.45) is 0 Å². The second-order valence-electron chi connectivity index (χ2n) is 8.30. The number of hydrogen-bond donors (Lipinski definition) is 2. The van der Waals surface area contributed by atoms with Crippen molar-refractivity contribution >= 4 is 66.3 Å². The number of aromatic hydroxyl groups is 2. The first-order valence-electron chi connectivity index (χ1n) is 10.5. The Morgan fingerprint density at radius 2 is 1.14 bits per heavy atom. The highest BCUT2D eigenvalue weighted by molar-refractivity contribution is 6.15. The summed E-state index contributed by atoms with van der Waals surface area (Å²) in [5.41, 5.74) is 3.44. The van der Waals surface area contributed by atoms with E-state index in [2.05, 4.69) is 19.7 Å². The van der Waals surface area contributed by atoms with Crippen molar-refractivity contribution in [3.63, 3.8) is 0 Å². The molecule has 0 saturated carbocycles. The molecule has 2 N–H and O–H groups in total. The molecule has 0 unspecified atom stereocenters. The van der Waals surface area contributed by atoms with E-state index in [0.717, 1.165) is 0 Å². The van der Waals surface area contributed by atoms with E-state index in [-0.39, 0.29) is 34.3 Å². The number of nitrogens with zero attached hydrogens (tertiary/aromatic N) is 8. The van der Waals surface area contributed by atoms with Gasteiger partial charge in [-0.05, 0) is 36.4 Å². The third-order valence-corrected chi connectivity index (χ3v) is 6.57. The summed E-state index contributed by atoms with van der Waals surface area (Å²) in [6.07, 6.45) is 0. The van der Waals surface area contributed by atoms with Crippen molar-refractivity contribution in [1.82, 2.24) is 18.8 Å². The Balaban J connectivity index is 1.62. The zero-order chi connectivity index (χ0) is 24.9. The predicted molar refractivity (Wildman–Crippen MR) is 130 cm³/mol. The molecular formula is C26H8N8O2. The molecule has 164 valence electrons. The summed E-state index contributed by atoms with van der Waals surface area (Å²) >= 11 is 0. The van der Waals surface area contributed by atoms with Gasteiger partial charge in [0, 0.05) is 21.5 Å². The van der Waals surface area contributed by atoms with E-state index in [0.29, 0.717) is 54.9 Å². The summed E-state index contributed by atoms with van der Waals surface area (Å²) in [6.45, 7) is 14.7. The Hall–Kier alpha value is -6.10. The van der Waals surface area contributed by atoms with Crippen LogP contribution >= 0.6 is 0 Å². The van der Waals surface area contributed by atoms with Crippen LogP contribution in [-0.2, 0) is 0 Å². The van der Waals surface area contributed by atoms with Crippen LogP contribution in [0.2, 0.25) is 0 Å². The van der Waals surface area contributed by atoms with Crippen LogP contribution in [-0.4, -0.2) is 29.0 Å². The molecule has 0 radical (unpaired) electrons. The SMILES string of the molecule is [C-]#[N+]c1cc2nc3c4cc5c(O)n6c7cc(C#N)c(C#N)cc7nc6c5cc4c(O)n3c2cc1[N+]#[C-]. The lowest BCUT2D eigenvalue weighted by molar-refractivity contribution is 0.456. The Bertz CT molecular complexity index is 2170. The van der Waals surface area contributed by atoms with E-state index in [4.69, 9.17) is 13.1 Å². The van der Waals surface area contributed by atoms with Crippen molar-refractivity contribution < 1.29 is 10.2 Å². The maximum atomic E-state index is 11.2. The zero-order valence-electron chi connectivity index (χ0n) is 17.9. The Morgan fingerprint density at radius 3 is 1.67 bits per heavy atom. The van der Waals surface area contributed by atoms with Crippen molar-refractivity contribution in [3.05, 3.63) is 70.4 Å². The fourth-order valence-electron chi connectivity index (χ4n) is 4.96. The molecule has 0 aliphatic carbocycles. The third kappa shape index (κ3) is 2.11. The van der Waals surface area contributed by atoms with Crippen LogP contribution in [0.25, 0.3) is 64.6 Å². The summed E-state index contributed by atoms with van der Waals surface area (Å²) in [5.74, 6) is -0.192. The average Bonchev–Trinajstić information content (AvgIpc) is 3.60. The first kappa shape index (κ1) is 19.4. The van der Waals surface area contributed by atoms with Gasteiger partial charge in [-0.25, -0.2) is 9.97 Å². The van der Waals surface area contributed by atoms with Gasteiger partial charge in [-0.2, -0.15) is 10.5 Å². The van der Waals surface area contributed by atoms with Gasteiger partial charge in [0.15, 0.2) is 11.4 Å². The highest BCUT2D eigenvalue weighted by atomic mass is 16.3. The molecule has 4 heterocycles. The molecule has 0 bridgehead atoms. The molecule has 0 spiro atoms. The Labute approximate surface area is 200 Å². The number of benzene rings is 3. The van der Waals surface area contributed by atoms with Gasteiger partial charge in [0.05, 0.1) is 46.3 Å². The van der Waals surface area contributed by atoms with E-state index in [1.54, 1.807) is 12.1 Å². The molecule has 7 rings (SSSR count). The summed E-state index contributed by atoms with van der Waals surface area (Å²) < 4.78 is 3.04. The van der Waals surface area contributed by atoms with Crippen LogP contribution in [0.3, 0.4) is 0 Å². The Morgan fingerprint density at radius 1 is 0.667 bits per heavy atom. The van der Waals surface area contributed by atoms with Crippen LogP contribution in [0.5, 0.6) is 11.8 Å². The summed E-state index contributed by atoms with van der Waals surface area (Å²) in [4.78, 5) is 16.0. The molecule has 0 aliphatic heterocycles. The summed E-state index contributed by atoms with van der Waals surface area (Å²) in [5, 5.41) is 43.2. The fourth-order valence-corrected chi connectivity index (χ4v) is 4.96. The van der Waals surface area contributed by atoms with Crippen LogP contribution in [0.15, 0.2) is 36.4 Å². The number of aromatic nitrogens is 4. The lowest BCUT2D eigenvalue weighted by Gasteiger charge is -1.98. The van der Waals surface area contributed by atoms with Gasteiger partial charge in [-0.1, -0.05) is 0 Å². The summed E-state index contributed by atoms with van der Waals surface area (Å²) in [7, 11) is 0. The standard InChI is InChI=1S/C26H8N8O2/c1-29-17-7-20-22(8-18(17)30-2)34-24(32-20)14-6-15-13(5-16(14)26(34)36)23-31-19-3-11(9-27)12(10-28)4-21(19)33(23)25(15)35/h3-8,35-36H. The number of fused-ring (bicyclic) bond motifs is 10. The largest absolute Gasteiger partial charge is 0.494 e. The molecule has 0 aliphatic rings. The van der Waals surface area contributed by atoms with Gasteiger partial charge in [-0.3, -0.25) is 18.5 Å². The smallest absolute Gasteiger partial charge is 0.205 e. The van der Waals surface area contributed by atoms with Crippen LogP contribution in [0, 0.1) is 35.8 Å². The first-order valence-corrected chi connectivity index (χ1v) is 10.5. The molecule has 36 heavy (non-hydrogen) atoms. The highest BCUT2D eigenvalue weighted by Gasteiger charge is 2.23. The topological polar surface area (TPSA) is 131 Å². The van der Waals surface area contributed by atoms with Gasteiger partial charge in [0.2, 0.25) is 11.8 Å². The number of rotatable bonds is 0. The highest BCUT2D eigenvalue weighted by Crippen LogP contribution is 2.43. The molecular weight excluding hydrogens is 456 g/mol. The quantitative estimate of drug-likeness (QED) is 0.293. The maximum Gasteiger partial charge on any atom is 0.205 e. The second-order valence-corrected chi connectivity index (χ2v) is 8.30. The average molecular weight is 464 g/mol. The van der Waals surface area contributed by atoms with Gasteiger partial charge in [0.1, 0.15) is 23.4 Å². The molecule has 10 nitrogen and oxygen atoms in total. The van der Waals surface area contributed by atoms with Crippen molar-refractivity contribution in [1.29, 1.82) is 10.5 Å². The van der Waals surface area contributed by atoms with Crippen molar-refractivity contribution in [2.45, 2.75) is 0 Å². The zero-order valence-corrected chi connectivity index (χ0v) is 17.9. The molecule has 0 amide bonds. The van der Waals surface area contributed by atoms with Gasteiger partial charge in [0.25, 0.3) is 0 Å². The molecule has 7 aromatic rings. The van der Waals surface area contributed by atoms with Gasteiger partial charge < -0.3 is 10.2 Å². The van der Waals surface area contributed by atoms with Gasteiger partial charge >= 0.3 is 0 Å². The summed E-state index contributed by atoms with van der Waals surface area (Å²) in [6, 6.07) is 13.5. The number of imidazole rings is 2. The van der Waals surface area contributed by atoms with E-state index in [1.165, 1.54) is 33.1 Å². The lowest BCUT2D eigenvalue weighted by Crippen LogP contribution is -1.86. The minimum Gasteiger partial charge on any atom is -0.494 e. The van der Waals surface area contributed by atoms with Crippen molar-refractivity contribution in [3.8, 4) is 23.9 Å². The lowest BCUT2D eigenvalue weighted by atomic mass is 10.1. The van der Waals surface area contributed by atoms with E-state index < -0.39 is 0 Å². The molecule has 0 saturated heterocycles. The predicted octanol–water partition coefficient (Wildman–Crippen LogP) is 5.29. The monoisotopic (exact) mass is 464 g/mol. The minimum absolute atomic E-state index is 0.0932. The first-order chi connectivity index (χ1) is 17.5. The van der Waals surface area contributed by atoms with Crippen LogP contribution < -0.4 is 0 Å². The Kier molecular flexibility index (Phi) is 3.37. The normalized spacial score (nSPS) is 11.4. The number of nitriles is 2.